The van der Waals surface area contributed by atoms with Crippen molar-refractivity contribution in [2.24, 2.45) is 0 Å². The number of hydrogen-bond donors (Lipinski definition) is 0. The first-order valence-corrected chi connectivity index (χ1v) is 7.66. The van der Waals surface area contributed by atoms with Gasteiger partial charge in [-0.2, -0.15) is 0 Å². The maximum absolute atomic E-state index is 12.0. The largest absolute Gasteiger partial charge is 0.496 e. The molecule has 0 bridgehead atoms. The Morgan fingerprint density at radius 1 is 1.41 bits per heavy atom. The minimum Gasteiger partial charge on any atom is -0.496 e. The molecular weight excluding hydrogens is 308 g/mol. The fourth-order valence-electron chi connectivity index (χ4n) is 1.32. The van der Waals surface area contributed by atoms with Gasteiger partial charge in [0.05, 0.1) is 12.7 Å². The van der Waals surface area contributed by atoms with E-state index in [0.29, 0.717) is 5.75 Å². The van der Waals surface area contributed by atoms with Gasteiger partial charge in [0.15, 0.2) is 19.8 Å². The monoisotopic (exact) mass is 320 g/mol. The number of alkyl halides is 1. The number of benzene rings is 1. The summed E-state index contributed by atoms with van der Waals surface area (Å²) < 4.78 is 26.4. The number of rotatable bonds is 4. The lowest BCUT2D eigenvalue weighted by molar-refractivity contribution is 0.101. The molecule has 1 aromatic carbocycles. The molecule has 1 rings (SSSR count). The van der Waals surface area contributed by atoms with Crippen LogP contribution in [0, 0.1) is 6.92 Å². The fraction of sp³-hybridized carbons (Fsp3) is 0.364. The molecule has 0 aliphatic rings. The molecule has 0 fully saturated rings. The molecule has 0 aliphatic carbocycles. The first kappa shape index (κ1) is 14.2. The van der Waals surface area contributed by atoms with Gasteiger partial charge in [-0.1, -0.05) is 22.0 Å². The number of sulfone groups is 1. The topological polar surface area (TPSA) is 60.4 Å². The summed E-state index contributed by atoms with van der Waals surface area (Å²) in [7, 11) is -2.03. The summed E-state index contributed by atoms with van der Waals surface area (Å²) in [4.78, 5) is 12.0. The van der Waals surface area contributed by atoms with Crippen LogP contribution in [-0.4, -0.2) is 31.7 Å². The molecular formula is C11H13BrO4S. The first-order valence-electron chi connectivity index (χ1n) is 4.79. The summed E-state index contributed by atoms with van der Waals surface area (Å²) in [6.45, 7) is 1.86. The predicted molar refractivity (Wildman–Crippen MR) is 69.6 cm³/mol. The van der Waals surface area contributed by atoms with Crippen LogP contribution in [0.3, 0.4) is 0 Å². The van der Waals surface area contributed by atoms with Gasteiger partial charge in [-0.25, -0.2) is 8.42 Å². The summed E-state index contributed by atoms with van der Waals surface area (Å²) >= 11 is 2.89. The van der Waals surface area contributed by atoms with E-state index in [4.69, 9.17) is 4.74 Å². The Hall–Kier alpha value is -0.880. The highest BCUT2D eigenvalue weighted by Gasteiger charge is 2.28. The molecule has 1 unspecified atom stereocenters. The Labute approximate surface area is 109 Å². The highest BCUT2D eigenvalue weighted by molar-refractivity contribution is 9.11. The molecule has 0 amide bonds. The van der Waals surface area contributed by atoms with Crippen LogP contribution in [0.4, 0.5) is 0 Å². The van der Waals surface area contributed by atoms with Gasteiger partial charge in [0.25, 0.3) is 0 Å². The molecule has 0 saturated heterocycles. The van der Waals surface area contributed by atoms with E-state index in [-0.39, 0.29) is 5.56 Å². The van der Waals surface area contributed by atoms with Crippen molar-refractivity contribution in [3.8, 4) is 5.75 Å². The van der Waals surface area contributed by atoms with Crippen LogP contribution in [0.15, 0.2) is 18.2 Å². The molecule has 6 heteroatoms. The van der Waals surface area contributed by atoms with Gasteiger partial charge in [0, 0.05) is 6.26 Å². The maximum Gasteiger partial charge on any atom is 0.195 e. The van der Waals surface area contributed by atoms with Gasteiger partial charge in [-0.3, -0.25) is 4.79 Å². The minimum atomic E-state index is -3.47. The standard InChI is InChI=1S/C11H13BrO4S/c1-7-4-5-8(9(6-7)16-2)10(13)11(12)17(3,14)15/h4-6,11H,1-3H3. The average molecular weight is 321 g/mol. The number of aryl methyl sites for hydroxylation is 1. The van der Waals surface area contributed by atoms with Crippen molar-refractivity contribution in [2.75, 3.05) is 13.4 Å². The van der Waals surface area contributed by atoms with E-state index < -0.39 is 19.8 Å². The average Bonchev–Trinajstić information content (AvgIpc) is 2.25. The second-order valence-corrected chi connectivity index (χ2v) is 7.37. The number of ether oxygens (including phenoxy) is 1. The summed E-state index contributed by atoms with van der Waals surface area (Å²) in [6.07, 6.45) is 1.00. The Kier molecular flexibility index (Phi) is 4.32. The van der Waals surface area contributed by atoms with Crippen LogP contribution < -0.4 is 4.74 Å². The lowest BCUT2D eigenvalue weighted by Gasteiger charge is -2.11. The van der Waals surface area contributed by atoms with E-state index in [1.807, 2.05) is 6.92 Å². The molecule has 0 saturated carbocycles. The Morgan fingerprint density at radius 2 is 2.00 bits per heavy atom. The lowest BCUT2D eigenvalue weighted by atomic mass is 10.1. The normalized spacial score (nSPS) is 13.2. The lowest BCUT2D eigenvalue weighted by Crippen LogP contribution is -2.23. The highest BCUT2D eigenvalue weighted by atomic mass is 79.9. The number of hydrogen-bond acceptors (Lipinski definition) is 4. The first-order chi connectivity index (χ1) is 7.77. The van der Waals surface area contributed by atoms with Gasteiger partial charge < -0.3 is 4.74 Å². The highest BCUT2D eigenvalue weighted by Crippen LogP contribution is 2.24. The molecule has 17 heavy (non-hydrogen) atoms. The molecule has 0 heterocycles. The molecule has 0 radical (unpaired) electrons. The summed E-state index contributed by atoms with van der Waals surface area (Å²) in [5.74, 6) is -0.146. The van der Waals surface area contributed by atoms with Gasteiger partial charge >= 0.3 is 0 Å². The third-order valence-electron chi connectivity index (χ3n) is 2.20. The third-order valence-corrected chi connectivity index (χ3v) is 5.62. The zero-order valence-electron chi connectivity index (χ0n) is 9.73. The van der Waals surface area contributed by atoms with Crippen LogP contribution in [0.1, 0.15) is 15.9 Å². The zero-order valence-corrected chi connectivity index (χ0v) is 12.1. The van der Waals surface area contributed by atoms with E-state index >= 15 is 0 Å². The minimum absolute atomic E-state index is 0.255. The SMILES string of the molecule is COc1cc(C)ccc1C(=O)C(Br)S(C)(=O)=O. The smallest absolute Gasteiger partial charge is 0.195 e. The molecule has 0 N–H and O–H groups in total. The van der Waals surface area contributed by atoms with Crippen LogP contribution in [0.5, 0.6) is 5.75 Å². The maximum atomic E-state index is 12.0. The van der Waals surface area contributed by atoms with E-state index in [0.717, 1.165) is 11.8 Å². The van der Waals surface area contributed by atoms with Crippen molar-refractivity contribution >= 4 is 31.6 Å². The molecule has 1 atom stereocenters. The van der Waals surface area contributed by atoms with Gasteiger partial charge in [0.2, 0.25) is 0 Å². The summed E-state index contributed by atoms with van der Waals surface area (Å²) in [6, 6.07) is 4.99. The molecule has 0 spiro atoms. The third kappa shape index (κ3) is 3.29. The van der Waals surface area contributed by atoms with Crippen molar-refractivity contribution in [3.05, 3.63) is 29.3 Å². The summed E-state index contributed by atoms with van der Waals surface area (Å²) in [5, 5.41) is 0. The van der Waals surface area contributed by atoms with Gasteiger partial charge in [-0.15, -0.1) is 0 Å². The quantitative estimate of drug-likeness (QED) is 0.628. The Morgan fingerprint density at radius 3 is 2.47 bits per heavy atom. The number of methoxy groups -OCH3 is 1. The molecule has 0 aliphatic heterocycles. The zero-order chi connectivity index (χ0) is 13.2. The Bertz CT molecular complexity index is 536. The van der Waals surface area contributed by atoms with Crippen LogP contribution >= 0.6 is 15.9 Å². The van der Waals surface area contributed by atoms with Gasteiger partial charge in [-0.05, 0) is 24.6 Å². The second-order valence-electron chi connectivity index (χ2n) is 3.71. The fourth-order valence-corrected chi connectivity index (χ4v) is 2.08. The van der Waals surface area contributed by atoms with Crippen LogP contribution in [0.2, 0.25) is 0 Å². The van der Waals surface area contributed by atoms with Crippen molar-refractivity contribution in [1.82, 2.24) is 0 Å². The molecule has 0 aromatic heterocycles. The number of ketones is 1. The van der Waals surface area contributed by atoms with Crippen LogP contribution in [0.25, 0.3) is 0 Å². The van der Waals surface area contributed by atoms with Crippen molar-refractivity contribution in [3.63, 3.8) is 0 Å². The number of carbonyl (C=O) groups is 1. The molecule has 94 valence electrons. The number of halogens is 1. The van der Waals surface area contributed by atoms with E-state index in [1.165, 1.54) is 7.11 Å². The number of carbonyl (C=O) groups excluding carboxylic acids is 1. The van der Waals surface area contributed by atoms with E-state index in [9.17, 15) is 13.2 Å². The summed E-state index contributed by atoms with van der Waals surface area (Å²) in [5.41, 5.74) is 1.19. The van der Waals surface area contributed by atoms with Gasteiger partial charge in [0.1, 0.15) is 5.75 Å². The van der Waals surface area contributed by atoms with E-state index in [1.54, 1.807) is 18.2 Å². The van der Waals surface area contributed by atoms with Crippen molar-refractivity contribution < 1.29 is 17.9 Å². The second kappa shape index (κ2) is 5.18. The van der Waals surface area contributed by atoms with E-state index in [2.05, 4.69) is 15.9 Å². The molecule has 1 aromatic rings. The number of Topliss-reactive ketones (excluding diaryl/α,β-unsaturated/α-hetero) is 1. The van der Waals surface area contributed by atoms with Crippen molar-refractivity contribution in [1.29, 1.82) is 0 Å². The Balaban J connectivity index is 3.22. The van der Waals surface area contributed by atoms with Crippen LogP contribution in [-0.2, 0) is 9.84 Å². The predicted octanol–water partition coefficient (Wildman–Crippen LogP) is 1.95. The molecule has 4 nitrogen and oxygen atoms in total. The van der Waals surface area contributed by atoms with Crippen molar-refractivity contribution in [2.45, 2.75) is 11.1 Å².